The maximum atomic E-state index is 12.9. The van der Waals surface area contributed by atoms with E-state index in [9.17, 15) is 4.79 Å². The van der Waals surface area contributed by atoms with Gasteiger partial charge < -0.3 is 19.4 Å². The van der Waals surface area contributed by atoms with Gasteiger partial charge in [-0.25, -0.2) is 0 Å². The molecule has 2 fully saturated rings. The molecule has 1 N–H and O–H groups in total. The zero-order chi connectivity index (χ0) is 20.4. The molecule has 0 spiro atoms. The van der Waals surface area contributed by atoms with E-state index in [1.807, 2.05) is 24.3 Å². The van der Waals surface area contributed by atoms with Crippen LogP contribution in [0, 0.1) is 12.8 Å². The van der Waals surface area contributed by atoms with Crippen molar-refractivity contribution in [1.82, 2.24) is 9.88 Å². The van der Waals surface area contributed by atoms with Crippen LogP contribution in [0.25, 0.3) is 11.3 Å². The number of nitrogens with one attached hydrogen (secondary N) is 1. The first kappa shape index (κ1) is 19.9. The van der Waals surface area contributed by atoms with Crippen molar-refractivity contribution < 1.29 is 14.3 Å². The summed E-state index contributed by atoms with van der Waals surface area (Å²) in [6, 6.07) is 8.23. The summed E-state index contributed by atoms with van der Waals surface area (Å²) in [5, 5.41) is 3.15. The van der Waals surface area contributed by atoms with Gasteiger partial charge in [0.2, 0.25) is 0 Å². The predicted octanol–water partition coefficient (Wildman–Crippen LogP) is 4.95. The Bertz CT molecular complexity index is 876. The zero-order valence-corrected chi connectivity index (χ0v) is 17.8. The fourth-order valence-corrected chi connectivity index (χ4v) is 4.47. The average molecular weight is 397 g/mol. The SMILES string of the molecule is COc1ccc(OC)c(-c2cc(C(=O)NC3CC3)c(C)n2CC2CCCCC2)c1. The van der Waals surface area contributed by atoms with E-state index in [2.05, 4.69) is 16.8 Å². The molecule has 0 bridgehead atoms. The van der Waals surface area contributed by atoms with Gasteiger partial charge in [0.25, 0.3) is 5.91 Å². The summed E-state index contributed by atoms with van der Waals surface area (Å²) >= 11 is 0. The van der Waals surface area contributed by atoms with E-state index < -0.39 is 0 Å². The van der Waals surface area contributed by atoms with E-state index in [1.54, 1.807) is 14.2 Å². The molecular formula is C24H32N2O3. The first-order valence-electron chi connectivity index (χ1n) is 10.8. The van der Waals surface area contributed by atoms with Gasteiger partial charge in [0.05, 0.1) is 25.5 Å². The lowest BCUT2D eigenvalue weighted by molar-refractivity contribution is 0.0950. The van der Waals surface area contributed by atoms with Crippen LogP contribution in [0.1, 0.15) is 61.0 Å². The number of carbonyl (C=O) groups excluding carboxylic acids is 1. The molecule has 0 aliphatic heterocycles. The summed E-state index contributed by atoms with van der Waals surface area (Å²) in [5.74, 6) is 2.27. The molecule has 0 saturated heterocycles. The Hall–Kier alpha value is -2.43. The van der Waals surface area contributed by atoms with Gasteiger partial charge in [-0.3, -0.25) is 4.79 Å². The van der Waals surface area contributed by atoms with E-state index in [-0.39, 0.29) is 5.91 Å². The Labute approximate surface area is 173 Å². The maximum absolute atomic E-state index is 12.9. The second-order valence-electron chi connectivity index (χ2n) is 8.46. The van der Waals surface area contributed by atoms with Gasteiger partial charge in [-0.2, -0.15) is 0 Å². The molecule has 1 amide bonds. The molecule has 1 aromatic carbocycles. The standard InChI is InChI=1S/C24H32N2O3/c1-16-20(24(27)25-18-9-10-18)14-22(26(16)15-17-7-5-4-6-8-17)21-13-19(28-2)11-12-23(21)29-3/h11-14,17-18H,4-10,15H2,1-3H3,(H,25,27). The van der Waals surface area contributed by atoms with Gasteiger partial charge in [-0.05, 0) is 62.8 Å². The second kappa shape index (κ2) is 8.52. The van der Waals surface area contributed by atoms with Crippen LogP contribution in [0.2, 0.25) is 0 Å². The fraction of sp³-hybridized carbons (Fsp3) is 0.542. The van der Waals surface area contributed by atoms with Crippen LogP contribution in [0.4, 0.5) is 0 Å². The maximum Gasteiger partial charge on any atom is 0.253 e. The summed E-state index contributed by atoms with van der Waals surface area (Å²) in [7, 11) is 3.36. The molecule has 0 unspecified atom stereocenters. The van der Waals surface area contributed by atoms with E-state index >= 15 is 0 Å². The number of benzene rings is 1. The summed E-state index contributed by atoms with van der Waals surface area (Å²) in [5.41, 5.74) is 3.81. The van der Waals surface area contributed by atoms with Crippen molar-refractivity contribution in [3.05, 3.63) is 35.5 Å². The van der Waals surface area contributed by atoms with Gasteiger partial charge >= 0.3 is 0 Å². The van der Waals surface area contributed by atoms with Crippen molar-refractivity contribution in [1.29, 1.82) is 0 Å². The Morgan fingerprint density at radius 1 is 1.07 bits per heavy atom. The highest BCUT2D eigenvalue weighted by Gasteiger charge is 2.28. The minimum absolute atomic E-state index is 0.0375. The molecule has 29 heavy (non-hydrogen) atoms. The van der Waals surface area contributed by atoms with E-state index in [1.165, 1.54) is 32.1 Å². The first-order chi connectivity index (χ1) is 14.1. The number of nitrogens with zero attached hydrogens (tertiary/aromatic N) is 1. The van der Waals surface area contributed by atoms with E-state index in [0.29, 0.717) is 12.0 Å². The van der Waals surface area contributed by atoms with Gasteiger partial charge in [0, 0.05) is 23.8 Å². The third-order valence-corrected chi connectivity index (χ3v) is 6.37. The smallest absolute Gasteiger partial charge is 0.253 e. The number of methoxy groups -OCH3 is 2. The van der Waals surface area contributed by atoms with Crippen LogP contribution in [0.5, 0.6) is 11.5 Å². The normalized spacial score (nSPS) is 17.2. The minimum atomic E-state index is 0.0375. The molecule has 1 aromatic heterocycles. The lowest BCUT2D eigenvalue weighted by Crippen LogP contribution is -2.26. The van der Waals surface area contributed by atoms with Crippen LogP contribution in [0.3, 0.4) is 0 Å². The lowest BCUT2D eigenvalue weighted by atomic mass is 9.89. The predicted molar refractivity (Wildman–Crippen MR) is 115 cm³/mol. The molecular weight excluding hydrogens is 364 g/mol. The Kier molecular flexibility index (Phi) is 5.84. The molecule has 2 aliphatic carbocycles. The van der Waals surface area contributed by atoms with Gasteiger partial charge in [-0.1, -0.05) is 19.3 Å². The summed E-state index contributed by atoms with van der Waals surface area (Å²) in [4.78, 5) is 12.9. The number of hydrogen-bond acceptors (Lipinski definition) is 3. The molecule has 0 radical (unpaired) electrons. The van der Waals surface area contributed by atoms with Crippen LogP contribution in [-0.4, -0.2) is 30.7 Å². The van der Waals surface area contributed by atoms with Gasteiger partial charge in [0.15, 0.2) is 0 Å². The van der Waals surface area contributed by atoms with E-state index in [0.717, 1.165) is 53.4 Å². The zero-order valence-electron chi connectivity index (χ0n) is 17.8. The molecule has 1 heterocycles. The van der Waals surface area contributed by atoms with Crippen LogP contribution in [-0.2, 0) is 6.54 Å². The molecule has 156 valence electrons. The monoisotopic (exact) mass is 396 g/mol. The summed E-state index contributed by atoms with van der Waals surface area (Å²) in [6.07, 6.45) is 8.64. The first-order valence-corrected chi connectivity index (χ1v) is 10.8. The Morgan fingerprint density at radius 3 is 2.48 bits per heavy atom. The molecule has 2 aromatic rings. The summed E-state index contributed by atoms with van der Waals surface area (Å²) in [6.45, 7) is 3.01. The number of hydrogen-bond donors (Lipinski definition) is 1. The van der Waals surface area contributed by atoms with Crippen LogP contribution >= 0.6 is 0 Å². The van der Waals surface area contributed by atoms with Crippen LogP contribution in [0.15, 0.2) is 24.3 Å². The third kappa shape index (κ3) is 4.29. The van der Waals surface area contributed by atoms with Gasteiger partial charge in [-0.15, -0.1) is 0 Å². The largest absolute Gasteiger partial charge is 0.497 e. The minimum Gasteiger partial charge on any atom is -0.497 e. The van der Waals surface area contributed by atoms with Crippen molar-refractivity contribution in [3.63, 3.8) is 0 Å². The number of ether oxygens (including phenoxy) is 2. The van der Waals surface area contributed by atoms with Crippen molar-refractivity contribution in [2.75, 3.05) is 14.2 Å². The van der Waals surface area contributed by atoms with Crippen molar-refractivity contribution >= 4 is 5.91 Å². The molecule has 2 aliphatic rings. The lowest BCUT2D eigenvalue weighted by Gasteiger charge is -2.24. The average Bonchev–Trinajstić information content (AvgIpc) is 3.51. The van der Waals surface area contributed by atoms with E-state index in [4.69, 9.17) is 9.47 Å². The highest BCUT2D eigenvalue weighted by molar-refractivity contribution is 5.97. The number of amides is 1. The van der Waals surface area contributed by atoms with Crippen LogP contribution < -0.4 is 14.8 Å². The van der Waals surface area contributed by atoms with Crippen molar-refractivity contribution in [2.45, 2.75) is 64.5 Å². The number of aromatic nitrogens is 1. The van der Waals surface area contributed by atoms with Gasteiger partial charge in [0.1, 0.15) is 11.5 Å². The third-order valence-electron chi connectivity index (χ3n) is 6.37. The molecule has 5 nitrogen and oxygen atoms in total. The molecule has 5 heteroatoms. The fourth-order valence-electron chi connectivity index (χ4n) is 4.47. The number of carbonyl (C=O) groups is 1. The van der Waals surface area contributed by atoms with Crippen molar-refractivity contribution in [2.24, 2.45) is 5.92 Å². The molecule has 2 saturated carbocycles. The number of rotatable bonds is 7. The van der Waals surface area contributed by atoms with Crippen molar-refractivity contribution in [3.8, 4) is 22.8 Å². The molecule has 4 rings (SSSR count). The topological polar surface area (TPSA) is 52.5 Å². The Morgan fingerprint density at radius 2 is 1.83 bits per heavy atom. The highest BCUT2D eigenvalue weighted by atomic mass is 16.5. The highest BCUT2D eigenvalue weighted by Crippen LogP contribution is 2.37. The second-order valence-corrected chi connectivity index (χ2v) is 8.46. The Balaban J connectivity index is 1.77. The molecule has 0 atom stereocenters. The summed E-state index contributed by atoms with van der Waals surface area (Å²) < 4.78 is 13.5. The quantitative estimate of drug-likeness (QED) is 0.720.